The summed E-state index contributed by atoms with van der Waals surface area (Å²) in [7, 11) is -4.54. The van der Waals surface area contributed by atoms with Gasteiger partial charge >= 0.3 is 0 Å². The molecule has 0 fully saturated rings. The number of rotatable bonds is 11. The van der Waals surface area contributed by atoms with Crippen LogP contribution in [0.5, 0.6) is 0 Å². The maximum Gasteiger partial charge on any atom is 0.260 e. The summed E-state index contributed by atoms with van der Waals surface area (Å²) in [6.07, 6.45) is 0.437. The summed E-state index contributed by atoms with van der Waals surface area (Å²) in [5.41, 5.74) is 13.7. The van der Waals surface area contributed by atoms with Crippen LogP contribution in [0.3, 0.4) is 0 Å². The van der Waals surface area contributed by atoms with Gasteiger partial charge in [0.15, 0.2) is 0 Å². The van der Waals surface area contributed by atoms with E-state index >= 15 is 0 Å². The number of nitrogens with two attached hydrogens (primary N) is 2. The van der Waals surface area contributed by atoms with Crippen LogP contribution in [0.15, 0.2) is 53.4 Å². The maximum atomic E-state index is 13.6. The zero-order chi connectivity index (χ0) is 25.5. The van der Waals surface area contributed by atoms with Crippen molar-refractivity contribution in [3.05, 3.63) is 64.9 Å². The number of guanidine groups is 1. The summed E-state index contributed by atoms with van der Waals surface area (Å²) in [4.78, 5) is 24.8. The summed E-state index contributed by atoms with van der Waals surface area (Å²) in [6, 6.07) is 8.95. The normalized spacial score (nSPS) is 13.2. The molecule has 0 aliphatic heterocycles. The Bertz CT molecular complexity index is 1150. The van der Waals surface area contributed by atoms with Crippen LogP contribution in [0.1, 0.15) is 25.3 Å². The minimum atomic E-state index is -4.54. The largest absolute Gasteiger partial charge is 0.369 e. The van der Waals surface area contributed by atoms with Crippen molar-refractivity contribution >= 4 is 39.4 Å². The van der Waals surface area contributed by atoms with E-state index in [9.17, 15) is 22.4 Å². The molecule has 10 nitrogen and oxygen atoms in total. The standard InChI is InChI=1S/C21H26ClFN6O4S/c1-2-6-18(20(31)27-17(19(24)30)11-13-7-4-3-5-8-13)29(28-21(25)26)34(32,33)14-9-10-16(23)15(22)12-14/h3-5,7-10,12,17-18H,2,6,11H2,1H3,(H2,24,30)(H,27,31)(H4,25,26,28)/t17-,18-/m0/s1. The predicted octanol–water partition coefficient (Wildman–Crippen LogP) is 1.25. The van der Waals surface area contributed by atoms with Crippen molar-refractivity contribution < 1.29 is 22.4 Å². The van der Waals surface area contributed by atoms with Gasteiger partial charge < -0.3 is 16.8 Å². The number of hydrogen-bond acceptors (Lipinski definition) is 5. The highest BCUT2D eigenvalue weighted by atomic mass is 35.5. The van der Waals surface area contributed by atoms with Gasteiger partial charge in [0.2, 0.25) is 17.8 Å². The molecule has 2 aromatic rings. The second kappa shape index (κ2) is 11.8. The first-order valence-corrected chi connectivity index (χ1v) is 12.0. The van der Waals surface area contributed by atoms with Crippen LogP contribution in [0.4, 0.5) is 4.39 Å². The van der Waals surface area contributed by atoms with Gasteiger partial charge in [0.25, 0.3) is 10.0 Å². The fourth-order valence-electron chi connectivity index (χ4n) is 3.14. The van der Waals surface area contributed by atoms with Crippen LogP contribution < -0.4 is 22.2 Å². The molecule has 0 radical (unpaired) electrons. The Morgan fingerprint density at radius 1 is 1.18 bits per heavy atom. The van der Waals surface area contributed by atoms with Crippen LogP contribution in [-0.4, -0.2) is 42.7 Å². The first-order valence-electron chi connectivity index (χ1n) is 10.2. The fourth-order valence-corrected chi connectivity index (χ4v) is 4.88. The number of carbonyl (C=O) groups is 2. The monoisotopic (exact) mass is 512 g/mol. The minimum Gasteiger partial charge on any atom is -0.369 e. The molecule has 0 saturated heterocycles. The number of hydrazine groups is 1. The van der Waals surface area contributed by atoms with Crippen LogP contribution in [-0.2, 0) is 26.0 Å². The first kappa shape index (κ1) is 27.0. The average Bonchev–Trinajstić information content (AvgIpc) is 2.77. The number of nitrogens with one attached hydrogen (secondary N) is 3. The molecule has 0 aliphatic rings. The van der Waals surface area contributed by atoms with Gasteiger partial charge in [-0.05, 0) is 30.2 Å². The smallest absolute Gasteiger partial charge is 0.260 e. The van der Waals surface area contributed by atoms with E-state index in [0.717, 1.165) is 23.8 Å². The molecule has 34 heavy (non-hydrogen) atoms. The topological polar surface area (TPSA) is 171 Å². The molecule has 0 spiro atoms. The Kier molecular flexibility index (Phi) is 9.36. The summed E-state index contributed by atoms with van der Waals surface area (Å²) >= 11 is 5.74. The Morgan fingerprint density at radius 2 is 1.82 bits per heavy atom. The van der Waals surface area contributed by atoms with Crippen molar-refractivity contribution in [1.29, 1.82) is 5.41 Å². The number of amides is 2. The Hall–Kier alpha value is -3.22. The molecule has 2 rings (SSSR count). The molecule has 0 aliphatic carbocycles. The highest BCUT2D eigenvalue weighted by Crippen LogP contribution is 2.24. The lowest BCUT2D eigenvalue weighted by Gasteiger charge is -2.31. The maximum absolute atomic E-state index is 13.6. The van der Waals surface area contributed by atoms with Crippen molar-refractivity contribution in [1.82, 2.24) is 15.2 Å². The average molecular weight is 513 g/mol. The van der Waals surface area contributed by atoms with Gasteiger partial charge in [0.05, 0.1) is 9.92 Å². The predicted molar refractivity (Wildman–Crippen MR) is 125 cm³/mol. The van der Waals surface area contributed by atoms with E-state index in [1.807, 2.05) is 0 Å². The lowest BCUT2D eigenvalue weighted by Crippen LogP contribution is -2.60. The quantitative estimate of drug-likeness (QED) is 0.172. The number of sulfonamides is 1. The lowest BCUT2D eigenvalue weighted by molar-refractivity contribution is -0.130. The summed E-state index contributed by atoms with van der Waals surface area (Å²) in [5, 5.41) is 9.58. The number of nitrogens with zero attached hydrogens (tertiary/aromatic N) is 1. The second-order valence-corrected chi connectivity index (χ2v) is 9.58. The molecule has 0 heterocycles. The van der Waals surface area contributed by atoms with Gasteiger partial charge in [-0.3, -0.25) is 20.4 Å². The van der Waals surface area contributed by atoms with Crippen molar-refractivity contribution in [3.8, 4) is 0 Å². The van der Waals surface area contributed by atoms with Crippen LogP contribution >= 0.6 is 11.6 Å². The first-order chi connectivity index (χ1) is 16.0. The van der Waals surface area contributed by atoms with Gasteiger partial charge in [0.1, 0.15) is 17.9 Å². The van der Waals surface area contributed by atoms with Crippen molar-refractivity contribution in [2.75, 3.05) is 0 Å². The highest BCUT2D eigenvalue weighted by Gasteiger charge is 2.38. The molecule has 184 valence electrons. The third-order valence-corrected chi connectivity index (χ3v) is 6.77. The molecule has 0 bridgehead atoms. The van der Waals surface area contributed by atoms with E-state index in [1.165, 1.54) is 0 Å². The van der Waals surface area contributed by atoms with Gasteiger partial charge in [-0.15, -0.1) is 0 Å². The molecular weight excluding hydrogens is 487 g/mol. The van der Waals surface area contributed by atoms with Crippen LogP contribution in [0.2, 0.25) is 5.02 Å². The molecule has 2 atom stereocenters. The molecule has 0 unspecified atom stereocenters. The highest BCUT2D eigenvalue weighted by molar-refractivity contribution is 7.89. The molecule has 2 amide bonds. The van der Waals surface area contributed by atoms with Crippen LogP contribution in [0, 0.1) is 11.2 Å². The van der Waals surface area contributed by atoms with E-state index in [2.05, 4.69) is 10.7 Å². The third kappa shape index (κ3) is 6.89. The summed E-state index contributed by atoms with van der Waals surface area (Å²) in [5.74, 6) is -3.25. The Morgan fingerprint density at radius 3 is 2.35 bits per heavy atom. The van der Waals surface area contributed by atoms with E-state index in [-0.39, 0.29) is 12.8 Å². The van der Waals surface area contributed by atoms with Crippen molar-refractivity contribution in [2.24, 2.45) is 11.5 Å². The molecule has 0 saturated carbocycles. The zero-order valence-electron chi connectivity index (χ0n) is 18.3. The minimum absolute atomic E-state index is 0.00289. The van der Waals surface area contributed by atoms with Crippen molar-refractivity contribution in [3.63, 3.8) is 0 Å². The Balaban J connectivity index is 2.42. The van der Waals surface area contributed by atoms with Gasteiger partial charge in [-0.2, -0.15) is 0 Å². The third-order valence-electron chi connectivity index (χ3n) is 4.77. The molecule has 13 heteroatoms. The molecular formula is C21H26ClFN6O4S. The van der Waals surface area contributed by atoms with Gasteiger partial charge in [-0.1, -0.05) is 59.7 Å². The van der Waals surface area contributed by atoms with Crippen molar-refractivity contribution in [2.45, 2.75) is 43.2 Å². The number of primary amides is 1. The fraction of sp³-hybridized carbons (Fsp3) is 0.286. The van der Waals surface area contributed by atoms with Gasteiger partial charge in [0, 0.05) is 6.42 Å². The summed E-state index contributed by atoms with van der Waals surface area (Å²) in [6.45, 7) is 1.71. The summed E-state index contributed by atoms with van der Waals surface area (Å²) < 4.78 is 40.7. The molecule has 7 N–H and O–H groups in total. The van der Waals surface area contributed by atoms with E-state index in [4.69, 9.17) is 28.5 Å². The zero-order valence-corrected chi connectivity index (χ0v) is 19.9. The van der Waals surface area contributed by atoms with E-state index < -0.39 is 55.6 Å². The van der Waals surface area contributed by atoms with Crippen LogP contribution in [0.25, 0.3) is 0 Å². The molecule has 0 aromatic heterocycles. The number of carbonyl (C=O) groups excluding carboxylic acids is 2. The number of benzene rings is 2. The lowest BCUT2D eigenvalue weighted by atomic mass is 10.0. The Labute approximate surface area is 202 Å². The van der Waals surface area contributed by atoms with E-state index in [0.29, 0.717) is 10.8 Å². The van der Waals surface area contributed by atoms with Gasteiger partial charge in [-0.25, -0.2) is 12.8 Å². The number of hydrogen-bond donors (Lipinski definition) is 5. The SMILES string of the molecule is CCC[C@@H](C(=O)N[C@@H](Cc1ccccc1)C(N)=O)N(NC(=N)N)S(=O)(=O)c1ccc(F)c(Cl)c1. The number of halogens is 2. The second-order valence-electron chi connectivity index (χ2n) is 7.36. The van der Waals surface area contributed by atoms with E-state index in [1.54, 1.807) is 37.3 Å². The molecule has 2 aromatic carbocycles.